The first-order valence-electron chi connectivity index (χ1n) is 10.1. The van der Waals surface area contributed by atoms with Crippen molar-refractivity contribution in [1.82, 2.24) is 24.6 Å². The molecule has 28 heavy (non-hydrogen) atoms. The Morgan fingerprint density at radius 3 is 2.82 bits per heavy atom. The van der Waals surface area contributed by atoms with Crippen LogP contribution in [-0.2, 0) is 13.0 Å². The Balaban J connectivity index is 1.55. The Bertz CT molecular complexity index is 926. The number of aryl methyl sites for hydroxylation is 1. The van der Waals surface area contributed by atoms with Gasteiger partial charge in [0.2, 0.25) is 0 Å². The van der Waals surface area contributed by atoms with Gasteiger partial charge in [-0.2, -0.15) is 0 Å². The van der Waals surface area contributed by atoms with Crippen LogP contribution in [0.25, 0.3) is 5.65 Å². The lowest BCUT2D eigenvalue weighted by Gasteiger charge is -2.19. The number of thiazole rings is 1. The number of hydrogen-bond donors (Lipinski definition) is 1. The summed E-state index contributed by atoms with van der Waals surface area (Å²) in [5, 5.41) is 5.55. The standard InChI is InChI=1S/C21H27N5OS/c1-16-7-11-26-18(13-22-8-6-17-14-28-15-23-17)20(24-19(26)12-16)21(27)25-9-4-2-3-5-10-25/h7,11-12,14-15,22H,2-6,8-10,13H2,1H3. The molecule has 0 aliphatic carbocycles. The number of amides is 1. The van der Waals surface area contributed by atoms with Crippen LogP contribution in [0.1, 0.15) is 53.1 Å². The quantitative estimate of drug-likeness (QED) is 0.647. The minimum atomic E-state index is 0.0690. The SMILES string of the molecule is Cc1ccn2c(CNCCc3cscn3)c(C(=O)N3CCCCCC3)nc2c1. The van der Waals surface area contributed by atoms with Crippen molar-refractivity contribution in [2.75, 3.05) is 19.6 Å². The van der Waals surface area contributed by atoms with Crippen molar-refractivity contribution < 1.29 is 4.79 Å². The van der Waals surface area contributed by atoms with Gasteiger partial charge in [-0.3, -0.25) is 4.79 Å². The first-order chi connectivity index (χ1) is 13.7. The fraction of sp³-hybridized carbons (Fsp3) is 0.476. The molecule has 0 atom stereocenters. The Morgan fingerprint density at radius 1 is 1.25 bits per heavy atom. The molecule has 1 aliphatic rings. The van der Waals surface area contributed by atoms with Crippen LogP contribution in [0.2, 0.25) is 0 Å². The summed E-state index contributed by atoms with van der Waals surface area (Å²) >= 11 is 1.62. The lowest BCUT2D eigenvalue weighted by Crippen LogP contribution is -2.33. The highest BCUT2D eigenvalue weighted by molar-refractivity contribution is 7.07. The lowest BCUT2D eigenvalue weighted by molar-refractivity contribution is 0.0755. The highest BCUT2D eigenvalue weighted by Gasteiger charge is 2.24. The molecule has 3 aromatic rings. The van der Waals surface area contributed by atoms with Crippen molar-refractivity contribution in [2.24, 2.45) is 0 Å². The molecule has 1 amide bonds. The van der Waals surface area contributed by atoms with Gasteiger partial charge in [-0.1, -0.05) is 12.8 Å². The molecule has 4 heterocycles. The second-order valence-electron chi connectivity index (χ2n) is 7.45. The molecule has 148 valence electrons. The second-order valence-corrected chi connectivity index (χ2v) is 8.17. The number of rotatable bonds is 6. The van der Waals surface area contributed by atoms with Crippen molar-refractivity contribution >= 4 is 22.9 Å². The molecule has 3 aromatic heterocycles. The van der Waals surface area contributed by atoms with Gasteiger partial charge in [-0.05, 0) is 37.5 Å². The van der Waals surface area contributed by atoms with Crippen LogP contribution in [0, 0.1) is 6.92 Å². The van der Waals surface area contributed by atoms with Gasteiger partial charge in [-0.25, -0.2) is 9.97 Å². The first kappa shape index (κ1) is 19.1. The van der Waals surface area contributed by atoms with Crippen LogP contribution >= 0.6 is 11.3 Å². The number of hydrogen-bond acceptors (Lipinski definition) is 5. The van der Waals surface area contributed by atoms with Gasteiger partial charge in [0.1, 0.15) is 5.65 Å². The largest absolute Gasteiger partial charge is 0.337 e. The van der Waals surface area contributed by atoms with Crippen LogP contribution in [0.15, 0.2) is 29.2 Å². The van der Waals surface area contributed by atoms with Crippen LogP contribution in [0.5, 0.6) is 0 Å². The number of carbonyl (C=O) groups excluding carboxylic acids is 1. The third-order valence-electron chi connectivity index (χ3n) is 5.31. The fourth-order valence-corrected chi connectivity index (χ4v) is 4.34. The maximum Gasteiger partial charge on any atom is 0.274 e. The third kappa shape index (κ3) is 4.25. The molecule has 1 N–H and O–H groups in total. The van der Waals surface area contributed by atoms with Gasteiger partial charge in [0, 0.05) is 44.2 Å². The maximum atomic E-state index is 13.3. The maximum absolute atomic E-state index is 13.3. The molecule has 7 heteroatoms. The number of carbonyl (C=O) groups is 1. The van der Waals surface area contributed by atoms with Gasteiger partial charge >= 0.3 is 0 Å². The zero-order valence-electron chi connectivity index (χ0n) is 16.4. The van der Waals surface area contributed by atoms with E-state index in [1.807, 2.05) is 27.1 Å². The normalized spacial score (nSPS) is 15.1. The zero-order chi connectivity index (χ0) is 19.3. The predicted octanol–water partition coefficient (Wildman–Crippen LogP) is 3.45. The van der Waals surface area contributed by atoms with E-state index in [0.717, 1.165) is 61.5 Å². The average molecular weight is 398 g/mol. The van der Waals surface area contributed by atoms with Gasteiger partial charge in [-0.15, -0.1) is 11.3 Å². The van der Waals surface area contributed by atoms with Crippen LogP contribution in [0.4, 0.5) is 0 Å². The van der Waals surface area contributed by atoms with Gasteiger partial charge in [0.25, 0.3) is 5.91 Å². The summed E-state index contributed by atoms with van der Waals surface area (Å²) in [6.45, 7) is 5.16. The lowest BCUT2D eigenvalue weighted by atomic mass is 10.2. The van der Waals surface area contributed by atoms with E-state index in [0.29, 0.717) is 12.2 Å². The molecule has 0 radical (unpaired) electrons. The van der Waals surface area contributed by atoms with Crippen LogP contribution < -0.4 is 5.32 Å². The summed E-state index contributed by atoms with van der Waals surface area (Å²) in [6, 6.07) is 4.10. The van der Waals surface area contributed by atoms with E-state index < -0.39 is 0 Å². The first-order valence-corrected chi connectivity index (χ1v) is 11.0. The number of imidazole rings is 1. The van der Waals surface area contributed by atoms with E-state index in [2.05, 4.69) is 28.7 Å². The third-order valence-corrected chi connectivity index (χ3v) is 5.95. The summed E-state index contributed by atoms with van der Waals surface area (Å²) in [6.07, 6.45) is 7.49. The van der Waals surface area contributed by atoms with E-state index >= 15 is 0 Å². The molecule has 0 unspecified atom stereocenters. The van der Waals surface area contributed by atoms with E-state index in [4.69, 9.17) is 4.98 Å². The highest BCUT2D eigenvalue weighted by Crippen LogP contribution is 2.19. The predicted molar refractivity (Wildman–Crippen MR) is 112 cm³/mol. The Morgan fingerprint density at radius 2 is 2.07 bits per heavy atom. The van der Waals surface area contributed by atoms with Crippen molar-refractivity contribution in [3.8, 4) is 0 Å². The molecular weight excluding hydrogens is 370 g/mol. The minimum Gasteiger partial charge on any atom is -0.337 e. The summed E-state index contributed by atoms with van der Waals surface area (Å²) in [5.74, 6) is 0.0690. The molecular formula is C21H27N5OS. The molecule has 0 bridgehead atoms. The highest BCUT2D eigenvalue weighted by atomic mass is 32.1. The van der Waals surface area contributed by atoms with E-state index in [-0.39, 0.29) is 5.91 Å². The van der Waals surface area contributed by atoms with Crippen molar-refractivity contribution in [1.29, 1.82) is 0 Å². The summed E-state index contributed by atoms with van der Waals surface area (Å²) < 4.78 is 2.05. The molecule has 6 nitrogen and oxygen atoms in total. The van der Waals surface area contributed by atoms with Crippen molar-refractivity contribution in [3.63, 3.8) is 0 Å². The molecule has 1 aliphatic heterocycles. The van der Waals surface area contributed by atoms with E-state index in [1.165, 1.54) is 12.8 Å². The summed E-state index contributed by atoms with van der Waals surface area (Å²) in [7, 11) is 0. The van der Waals surface area contributed by atoms with E-state index in [9.17, 15) is 4.79 Å². The van der Waals surface area contributed by atoms with Gasteiger partial charge < -0.3 is 14.6 Å². The van der Waals surface area contributed by atoms with E-state index in [1.54, 1.807) is 11.3 Å². The second kappa shape index (κ2) is 8.84. The van der Waals surface area contributed by atoms with Crippen LogP contribution in [-0.4, -0.2) is 44.8 Å². The van der Waals surface area contributed by atoms with Gasteiger partial charge in [0.15, 0.2) is 5.69 Å². The van der Waals surface area contributed by atoms with Crippen LogP contribution in [0.3, 0.4) is 0 Å². The topological polar surface area (TPSA) is 62.5 Å². The number of aromatic nitrogens is 3. The number of nitrogens with one attached hydrogen (secondary N) is 1. The number of pyridine rings is 1. The monoisotopic (exact) mass is 397 g/mol. The Hall–Kier alpha value is -2.25. The minimum absolute atomic E-state index is 0.0690. The summed E-state index contributed by atoms with van der Waals surface area (Å²) in [4.78, 5) is 24.3. The Kier molecular flexibility index (Phi) is 6.02. The van der Waals surface area contributed by atoms with Crippen molar-refractivity contribution in [2.45, 2.75) is 45.6 Å². The summed E-state index contributed by atoms with van der Waals surface area (Å²) in [5.41, 5.74) is 6.49. The number of likely N-dealkylation sites (tertiary alicyclic amines) is 1. The zero-order valence-corrected chi connectivity index (χ0v) is 17.2. The number of nitrogens with zero attached hydrogens (tertiary/aromatic N) is 4. The van der Waals surface area contributed by atoms with Gasteiger partial charge in [0.05, 0.1) is 16.9 Å². The average Bonchev–Trinajstić information content (AvgIpc) is 3.24. The smallest absolute Gasteiger partial charge is 0.274 e. The molecule has 1 fully saturated rings. The fourth-order valence-electron chi connectivity index (χ4n) is 3.75. The molecule has 0 spiro atoms. The number of fused-ring (bicyclic) bond motifs is 1. The molecule has 1 saturated heterocycles. The van der Waals surface area contributed by atoms with Crippen molar-refractivity contribution in [3.05, 3.63) is 51.9 Å². The Labute approximate surface area is 169 Å². The molecule has 0 saturated carbocycles. The molecule has 0 aromatic carbocycles. The molecule has 4 rings (SSSR count).